The lowest BCUT2D eigenvalue weighted by Crippen LogP contribution is -2.46. The molecule has 1 unspecified atom stereocenters. The van der Waals surface area contributed by atoms with E-state index in [9.17, 15) is 4.79 Å². The van der Waals surface area contributed by atoms with Gasteiger partial charge in [-0.25, -0.2) is 0 Å². The zero-order valence-corrected chi connectivity index (χ0v) is 15.5. The number of hydrogen-bond donors (Lipinski definition) is 2. The molecule has 3 aliphatic rings. The molecule has 1 amide bonds. The van der Waals surface area contributed by atoms with Crippen LogP contribution in [0.15, 0.2) is 4.99 Å². The minimum Gasteiger partial charge on any atom is -0.379 e. The first-order valence-corrected chi connectivity index (χ1v) is 9.90. The van der Waals surface area contributed by atoms with E-state index in [0.29, 0.717) is 25.0 Å². The van der Waals surface area contributed by atoms with Crippen molar-refractivity contribution in [2.24, 2.45) is 4.99 Å². The van der Waals surface area contributed by atoms with Crippen LogP contribution in [0.25, 0.3) is 0 Å². The molecule has 1 saturated carbocycles. The molecular formula is C18H33N5O2. The molecule has 2 aliphatic heterocycles. The average Bonchev–Trinajstić information content (AvgIpc) is 3.30. The summed E-state index contributed by atoms with van der Waals surface area (Å²) in [5.41, 5.74) is 0. The maximum Gasteiger partial charge on any atom is 0.220 e. The molecule has 1 aliphatic carbocycles. The lowest BCUT2D eigenvalue weighted by atomic mass is 10.2. The fourth-order valence-corrected chi connectivity index (χ4v) is 3.55. The number of nitrogens with zero attached hydrogens (tertiary/aromatic N) is 3. The molecule has 0 radical (unpaired) electrons. The number of nitrogens with one attached hydrogen (secondary N) is 2. The fraction of sp³-hybridized carbons (Fsp3) is 0.889. The maximum atomic E-state index is 11.7. The second kappa shape index (κ2) is 9.38. The van der Waals surface area contributed by atoms with Gasteiger partial charge in [-0.05, 0) is 32.6 Å². The largest absolute Gasteiger partial charge is 0.379 e. The molecule has 2 N–H and O–H groups in total. The van der Waals surface area contributed by atoms with Crippen molar-refractivity contribution < 1.29 is 9.53 Å². The summed E-state index contributed by atoms with van der Waals surface area (Å²) in [6, 6.07) is 1.06. The molecule has 0 bridgehead atoms. The quantitative estimate of drug-likeness (QED) is 0.395. The van der Waals surface area contributed by atoms with Gasteiger partial charge in [-0.15, -0.1) is 0 Å². The Labute approximate surface area is 151 Å². The minimum atomic E-state index is 0.177. The van der Waals surface area contributed by atoms with Crippen molar-refractivity contribution in [3.05, 3.63) is 0 Å². The summed E-state index contributed by atoms with van der Waals surface area (Å²) in [5.74, 6) is 1.18. The summed E-state index contributed by atoms with van der Waals surface area (Å²) in [6.07, 6.45) is 4.87. The summed E-state index contributed by atoms with van der Waals surface area (Å²) in [6.45, 7) is 9.57. The SMILES string of the molecule is CCNC(=NCCCC(=O)NC1CC1)N1CCC(N2CCOCC2)C1. The standard InChI is InChI=1S/C18H33N5O2/c1-2-19-18(20-8-3-4-17(24)21-15-5-6-15)23-9-7-16(14-23)22-10-12-25-13-11-22/h15-16H,2-14H2,1H3,(H,19,20)(H,21,24). The van der Waals surface area contributed by atoms with E-state index in [0.717, 1.165) is 71.2 Å². The summed E-state index contributed by atoms with van der Waals surface area (Å²) in [4.78, 5) is 21.4. The summed E-state index contributed by atoms with van der Waals surface area (Å²) >= 11 is 0. The Morgan fingerprint density at radius 2 is 2.00 bits per heavy atom. The monoisotopic (exact) mass is 351 g/mol. The van der Waals surface area contributed by atoms with Gasteiger partial charge >= 0.3 is 0 Å². The highest BCUT2D eigenvalue weighted by Gasteiger charge is 2.30. The van der Waals surface area contributed by atoms with Gasteiger partial charge in [0, 0.05) is 57.8 Å². The number of likely N-dealkylation sites (tertiary alicyclic amines) is 1. The number of hydrogen-bond acceptors (Lipinski definition) is 4. The van der Waals surface area contributed by atoms with Crippen LogP contribution in [0, 0.1) is 0 Å². The Kier molecular flexibility index (Phi) is 6.93. The summed E-state index contributed by atoms with van der Waals surface area (Å²) in [7, 11) is 0. The molecule has 0 aromatic carbocycles. The van der Waals surface area contributed by atoms with E-state index in [1.807, 2.05) is 0 Å². The number of aliphatic imine (C=N–C) groups is 1. The minimum absolute atomic E-state index is 0.177. The van der Waals surface area contributed by atoms with Crippen molar-refractivity contribution in [3.8, 4) is 0 Å². The van der Waals surface area contributed by atoms with Gasteiger partial charge in [0.15, 0.2) is 5.96 Å². The Balaban J connectivity index is 1.42. The highest BCUT2D eigenvalue weighted by atomic mass is 16.5. The van der Waals surface area contributed by atoms with E-state index in [-0.39, 0.29) is 5.91 Å². The van der Waals surface area contributed by atoms with E-state index >= 15 is 0 Å². The predicted octanol–water partition coefficient (Wildman–Crippen LogP) is 0.417. The Bertz CT molecular complexity index is 460. The van der Waals surface area contributed by atoms with E-state index in [1.165, 1.54) is 6.42 Å². The zero-order valence-electron chi connectivity index (χ0n) is 15.5. The van der Waals surface area contributed by atoms with Gasteiger partial charge in [-0.1, -0.05) is 0 Å². The van der Waals surface area contributed by atoms with Crippen LogP contribution in [0.4, 0.5) is 0 Å². The maximum absolute atomic E-state index is 11.7. The van der Waals surface area contributed by atoms with E-state index in [2.05, 4.69) is 27.4 Å². The van der Waals surface area contributed by atoms with E-state index in [4.69, 9.17) is 9.73 Å². The highest BCUT2D eigenvalue weighted by molar-refractivity contribution is 5.80. The van der Waals surface area contributed by atoms with Crippen LogP contribution in [0.5, 0.6) is 0 Å². The third kappa shape index (κ3) is 5.85. The molecule has 7 nitrogen and oxygen atoms in total. The molecule has 1 atom stereocenters. The number of rotatable bonds is 7. The third-order valence-electron chi connectivity index (χ3n) is 5.13. The van der Waals surface area contributed by atoms with Gasteiger partial charge in [-0.2, -0.15) is 0 Å². The van der Waals surface area contributed by atoms with Crippen LogP contribution in [0.1, 0.15) is 39.0 Å². The molecule has 142 valence electrons. The first-order valence-electron chi connectivity index (χ1n) is 9.90. The number of amides is 1. The Morgan fingerprint density at radius 3 is 2.72 bits per heavy atom. The molecule has 0 aromatic heterocycles. The predicted molar refractivity (Wildman–Crippen MR) is 98.7 cm³/mol. The summed E-state index contributed by atoms with van der Waals surface area (Å²) < 4.78 is 5.46. The number of guanidine groups is 1. The van der Waals surface area contributed by atoms with Gasteiger partial charge < -0.3 is 20.3 Å². The number of ether oxygens (including phenoxy) is 1. The van der Waals surface area contributed by atoms with Crippen molar-refractivity contribution in [1.82, 2.24) is 20.4 Å². The zero-order chi connectivity index (χ0) is 17.5. The number of morpholine rings is 1. The molecule has 3 rings (SSSR count). The first kappa shape index (κ1) is 18.5. The third-order valence-corrected chi connectivity index (χ3v) is 5.13. The smallest absolute Gasteiger partial charge is 0.220 e. The molecule has 2 saturated heterocycles. The van der Waals surface area contributed by atoms with Gasteiger partial charge in [-0.3, -0.25) is 14.7 Å². The molecule has 2 heterocycles. The highest BCUT2D eigenvalue weighted by Crippen LogP contribution is 2.19. The van der Waals surface area contributed by atoms with Crippen LogP contribution in [-0.4, -0.2) is 86.2 Å². The van der Waals surface area contributed by atoms with E-state index < -0.39 is 0 Å². The number of carbonyl (C=O) groups is 1. The van der Waals surface area contributed by atoms with Gasteiger partial charge in [0.1, 0.15) is 0 Å². The Morgan fingerprint density at radius 1 is 1.20 bits per heavy atom. The molecule has 3 fully saturated rings. The lowest BCUT2D eigenvalue weighted by molar-refractivity contribution is -0.121. The van der Waals surface area contributed by atoms with Gasteiger partial charge in [0.05, 0.1) is 13.2 Å². The normalized spacial score (nSPS) is 25.2. The van der Waals surface area contributed by atoms with Crippen molar-refractivity contribution in [1.29, 1.82) is 0 Å². The first-order chi connectivity index (χ1) is 12.3. The van der Waals surface area contributed by atoms with Crippen molar-refractivity contribution in [2.75, 3.05) is 52.5 Å². The topological polar surface area (TPSA) is 69.2 Å². The van der Waals surface area contributed by atoms with Gasteiger partial charge in [0.2, 0.25) is 5.91 Å². The molecule has 0 aromatic rings. The van der Waals surface area contributed by atoms with Crippen LogP contribution in [0.3, 0.4) is 0 Å². The molecule has 7 heteroatoms. The van der Waals surface area contributed by atoms with Crippen LogP contribution in [0.2, 0.25) is 0 Å². The van der Waals surface area contributed by atoms with Crippen LogP contribution in [-0.2, 0) is 9.53 Å². The van der Waals surface area contributed by atoms with Crippen LogP contribution < -0.4 is 10.6 Å². The fourth-order valence-electron chi connectivity index (χ4n) is 3.55. The van der Waals surface area contributed by atoms with Crippen molar-refractivity contribution >= 4 is 11.9 Å². The lowest BCUT2D eigenvalue weighted by Gasteiger charge is -2.32. The second-order valence-corrected chi connectivity index (χ2v) is 7.22. The molecular weight excluding hydrogens is 318 g/mol. The Hall–Kier alpha value is -1.34. The van der Waals surface area contributed by atoms with Crippen molar-refractivity contribution in [2.45, 2.75) is 51.1 Å². The van der Waals surface area contributed by atoms with E-state index in [1.54, 1.807) is 0 Å². The summed E-state index contributed by atoms with van der Waals surface area (Å²) in [5, 5.41) is 6.45. The molecule has 25 heavy (non-hydrogen) atoms. The van der Waals surface area contributed by atoms with Crippen LogP contribution >= 0.6 is 0 Å². The average molecular weight is 351 g/mol. The van der Waals surface area contributed by atoms with Gasteiger partial charge in [0.25, 0.3) is 0 Å². The number of carbonyl (C=O) groups excluding carboxylic acids is 1. The molecule has 0 spiro atoms. The van der Waals surface area contributed by atoms with Crippen molar-refractivity contribution in [3.63, 3.8) is 0 Å². The second-order valence-electron chi connectivity index (χ2n) is 7.22.